The van der Waals surface area contributed by atoms with E-state index in [-0.39, 0.29) is 5.75 Å². The minimum absolute atomic E-state index is 0.211. The highest BCUT2D eigenvalue weighted by Crippen LogP contribution is 2.10. The molecular formula is C11H11NO6. The SMILES string of the molecule is O=C(O)CN(CC(=O)O)C(=O)Oc1ccccc1. The Morgan fingerprint density at radius 1 is 1.00 bits per heavy atom. The van der Waals surface area contributed by atoms with Gasteiger partial charge >= 0.3 is 18.0 Å². The van der Waals surface area contributed by atoms with Crippen LogP contribution in [0.2, 0.25) is 0 Å². The number of rotatable bonds is 5. The number of carbonyl (C=O) groups is 3. The second kappa shape index (κ2) is 6.24. The molecule has 0 saturated heterocycles. The van der Waals surface area contributed by atoms with Gasteiger partial charge in [-0.3, -0.25) is 14.5 Å². The number of carbonyl (C=O) groups excluding carboxylic acids is 1. The first-order valence-electron chi connectivity index (χ1n) is 4.94. The van der Waals surface area contributed by atoms with Crippen molar-refractivity contribution in [3.05, 3.63) is 30.3 Å². The van der Waals surface area contributed by atoms with Gasteiger partial charge in [0.25, 0.3) is 0 Å². The zero-order valence-corrected chi connectivity index (χ0v) is 9.28. The molecule has 0 unspecified atom stereocenters. The molecule has 0 bridgehead atoms. The summed E-state index contributed by atoms with van der Waals surface area (Å²) in [6.07, 6.45) is -1.02. The van der Waals surface area contributed by atoms with Crippen LogP contribution in [0.1, 0.15) is 0 Å². The van der Waals surface area contributed by atoms with Crippen molar-refractivity contribution >= 4 is 18.0 Å². The molecule has 0 fully saturated rings. The van der Waals surface area contributed by atoms with E-state index in [1.807, 2.05) is 0 Å². The predicted octanol–water partition coefficient (Wildman–Crippen LogP) is 0.657. The third-order valence-electron chi connectivity index (χ3n) is 1.86. The fourth-order valence-corrected chi connectivity index (χ4v) is 1.17. The van der Waals surface area contributed by atoms with Gasteiger partial charge in [-0.2, -0.15) is 0 Å². The Balaban J connectivity index is 2.69. The number of para-hydroxylation sites is 1. The lowest BCUT2D eigenvalue weighted by molar-refractivity contribution is -0.140. The molecule has 0 aliphatic heterocycles. The number of ether oxygens (including phenoxy) is 1. The monoisotopic (exact) mass is 253 g/mol. The van der Waals surface area contributed by atoms with Gasteiger partial charge in [-0.15, -0.1) is 0 Å². The summed E-state index contributed by atoms with van der Waals surface area (Å²) in [5.41, 5.74) is 0. The smallest absolute Gasteiger partial charge is 0.416 e. The van der Waals surface area contributed by atoms with Crippen molar-refractivity contribution in [2.24, 2.45) is 0 Å². The summed E-state index contributed by atoms with van der Waals surface area (Å²) >= 11 is 0. The molecule has 0 saturated carbocycles. The molecule has 0 aliphatic carbocycles. The van der Waals surface area contributed by atoms with Crippen LogP contribution in [0, 0.1) is 0 Å². The lowest BCUT2D eigenvalue weighted by Crippen LogP contribution is -2.41. The number of nitrogens with zero attached hydrogens (tertiary/aromatic N) is 1. The van der Waals surface area contributed by atoms with E-state index in [1.165, 1.54) is 12.1 Å². The topological polar surface area (TPSA) is 104 Å². The quantitative estimate of drug-likeness (QED) is 0.798. The van der Waals surface area contributed by atoms with Gasteiger partial charge in [-0.05, 0) is 12.1 Å². The maximum atomic E-state index is 11.6. The summed E-state index contributed by atoms with van der Waals surface area (Å²) in [5.74, 6) is -2.43. The average Bonchev–Trinajstić information content (AvgIpc) is 2.28. The summed E-state index contributed by atoms with van der Waals surface area (Å²) < 4.78 is 4.84. The number of hydrogen-bond acceptors (Lipinski definition) is 4. The molecule has 96 valence electrons. The van der Waals surface area contributed by atoms with Gasteiger partial charge in [0.15, 0.2) is 0 Å². The molecule has 0 spiro atoms. The van der Waals surface area contributed by atoms with Crippen LogP contribution in [0.25, 0.3) is 0 Å². The van der Waals surface area contributed by atoms with Gasteiger partial charge in [0.2, 0.25) is 0 Å². The highest BCUT2D eigenvalue weighted by molar-refractivity contribution is 5.82. The first kappa shape index (κ1) is 13.5. The maximum Gasteiger partial charge on any atom is 0.416 e. The highest BCUT2D eigenvalue weighted by Gasteiger charge is 2.21. The summed E-state index contributed by atoms with van der Waals surface area (Å²) in [7, 11) is 0. The molecule has 0 radical (unpaired) electrons. The second-order valence-electron chi connectivity index (χ2n) is 3.32. The van der Waals surface area contributed by atoms with E-state index in [4.69, 9.17) is 14.9 Å². The van der Waals surface area contributed by atoms with E-state index < -0.39 is 31.1 Å². The number of hydrogen-bond donors (Lipinski definition) is 2. The molecule has 0 heterocycles. The van der Waals surface area contributed by atoms with Crippen LogP contribution in [0.15, 0.2) is 30.3 Å². The second-order valence-corrected chi connectivity index (χ2v) is 3.32. The van der Waals surface area contributed by atoms with Gasteiger partial charge in [-0.1, -0.05) is 18.2 Å². The van der Waals surface area contributed by atoms with Crippen LogP contribution in [-0.2, 0) is 9.59 Å². The molecule has 0 aromatic heterocycles. The lowest BCUT2D eigenvalue weighted by atomic mass is 10.3. The Morgan fingerprint density at radius 2 is 1.50 bits per heavy atom. The van der Waals surface area contributed by atoms with Crippen LogP contribution in [0.4, 0.5) is 4.79 Å². The Hall–Kier alpha value is -2.57. The molecular weight excluding hydrogens is 242 g/mol. The molecule has 1 rings (SSSR count). The van der Waals surface area contributed by atoms with Crippen molar-refractivity contribution in [3.63, 3.8) is 0 Å². The zero-order valence-electron chi connectivity index (χ0n) is 9.28. The third-order valence-corrected chi connectivity index (χ3v) is 1.86. The van der Waals surface area contributed by atoms with E-state index >= 15 is 0 Å². The molecule has 7 nitrogen and oxygen atoms in total. The number of carboxylic acids is 2. The van der Waals surface area contributed by atoms with Gasteiger partial charge in [0, 0.05) is 0 Å². The van der Waals surface area contributed by atoms with E-state index in [1.54, 1.807) is 18.2 Å². The highest BCUT2D eigenvalue weighted by atomic mass is 16.6. The summed E-state index contributed by atoms with van der Waals surface area (Å²) in [6.45, 7) is -1.48. The molecule has 18 heavy (non-hydrogen) atoms. The molecule has 1 aromatic carbocycles. The maximum absolute atomic E-state index is 11.6. The Labute approximate surface area is 102 Å². The van der Waals surface area contributed by atoms with Crippen molar-refractivity contribution in [1.82, 2.24) is 4.90 Å². The normalized spacial score (nSPS) is 9.56. The third kappa shape index (κ3) is 4.52. The van der Waals surface area contributed by atoms with E-state index in [0.29, 0.717) is 4.90 Å². The van der Waals surface area contributed by atoms with E-state index in [2.05, 4.69) is 0 Å². The average molecular weight is 253 g/mol. The van der Waals surface area contributed by atoms with Crippen LogP contribution in [0.3, 0.4) is 0 Å². The fourth-order valence-electron chi connectivity index (χ4n) is 1.17. The standard InChI is InChI=1S/C11H11NO6/c13-9(14)6-12(7-10(15)16)11(17)18-8-4-2-1-3-5-8/h1-5H,6-7H2,(H,13,14)(H,15,16). The summed E-state index contributed by atoms with van der Waals surface area (Å²) in [4.78, 5) is 33.2. The fraction of sp³-hybridized carbons (Fsp3) is 0.182. The Bertz CT molecular complexity index is 428. The largest absolute Gasteiger partial charge is 0.480 e. The lowest BCUT2D eigenvalue weighted by Gasteiger charge is -2.17. The van der Waals surface area contributed by atoms with Gasteiger partial charge in [-0.25, -0.2) is 4.79 Å². The van der Waals surface area contributed by atoms with Crippen LogP contribution in [0.5, 0.6) is 5.75 Å². The zero-order chi connectivity index (χ0) is 13.5. The summed E-state index contributed by atoms with van der Waals surface area (Å²) in [5, 5.41) is 17.1. The minimum atomic E-state index is -1.32. The Kier molecular flexibility index (Phi) is 4.67. The van der Waals surface area contributed by atoms with E-state index in [9.17, 15) is 14.4 Å². The summed E-state index contributed by atoms with van der Waals surface area (Å²) in [6, 6.07) is 7.96. The number of aliphatic carboxylic acids is 2. The molecule has 1 amide bonds. The predicted molar refractivity (Wildman–Crippen MR) is 59.3 cm³/mol. The first-order valence-corrected chi connectivity index (χ1v) is 4.94. The molecule has 2 N–H and O–H groups in total. The molecule has 1 aromatic rings. The van der Waals surface area contributed by atoms with E-state index in [0.717, 1.165) is 0 Å². The number of benzene rings is 1. The molecule has 0 aliphatic rings. The molecule has 0 atom stereocenters. The first-order chi connectivity index (χ1) is 8.49. The van der Waals surface area contributed by atoms with Crippen molar-refractivity contribution in [2.75, 3.05) is 13.1 Å². The number of amides is 1. The minimum Gasteiger partial charge on any atom is -0.480 e. The van der Waals surface area contributed by atoms with Crippen LogP contribution < -0.4 is 4.74 Å². The van der Waals surface area contributed by atoms with Crippen LogP contribution >= 0.6 is 0 Å². The number of carboxylic acid groups (broad SMARTS) is 2. The van der Waals surface area contributed by atoms with Crippen molar-refractivity contribution in [2.45, 2.75) is 0 Å². The molecule has 7 heteroatoms. The van der Waals surface area contributed by atoms with Gasteiger partial charge in [0.05, 0.1) is 0 Å². The van der Waals surface area contributed by atoms with Gasteiger partial charge < -0.3 is 14.9 Å². The van der Waals surface area contributed by atoms with Crippen molar-refractivity contribution in [3.8, 4) is 5.75 Å². The van der Waals surface area contributed by atoms with Crippen molar-refractivity contribution < 1.29 is 29.3 Å². The van der Waals surface area contributed by atoms with Gasteiger partial charge in [0.1, 0.15) is 18.8 Å². The van der Waals surface area contributed by atoms with Crippen LogP contribution in [-0.4, -0.2) is 46.2 Å². The van der Waals surface area contributed by atoms with Crippen molar-refractivity contribution in [1.29, 1.82) is 0 Å². The Morgan fingerprint density at radius 3 is 1.94 bits per heavy atom.